The molecule has 1 atom stereocenters. The molecule has 1 rings (SSSR count). The van der Waals surface area contributed by atoms with Gasteiger partial charge in [-0.3, -0.25) is 4.79 Å². The number of carbonyl (C=O) groups excluding carboxylic acids is 1. The molecule has 0 aromatic heterocycles. The molecule has 1 unspecified atom stereocenters. The third-order valence-electron chi connectivity index (χ3n) is 2.47. The summed E-state index contributed by atoms with van der Waals surface area (Å²) in [5, 5.41) is 5.30. The number of nitrogens with one attached hydrogen (secondary N) is 2. The van der Waals surface area contributed by atoms with Crippen molar-refractivity contribution < 1.29 is 18.0 Å². The first-order valence-corrected chi connectivity index (χ1v) is 6.45. The highest BCUT2D eigenvalue weighted by molar-refractivity contribution is 6.30. The number of carbonyl (C=O) groups is 1. The molecule has 0 aliphatic rings. The van der Waals surface area contributed by atoms with Gasteiger partial charge in [0.15, 0.2) is 0 Å². The largest absolute Gasteiger partial charge is 0.401 e. The van der Waals surface area contributed by atoms with Crippen molar-refractivity contribution in [3.05, 3.63) is 34.9 Å². The molecule has 2 N–H and O–H groups in total. The van der Waals surface area contributed by atoms with Crippen LogP contribution in [0, 0.1) is 0 Å². The Bertz CT molecular complexity index is 434. The molecule has 0 saturated heterocycles. The van der Waals surface area contributed by atoms with Crippen molar-refractivity contribution in [2.24, 2.45) is 0 Å². The molecule has 0 aliphatic heterocycles. The van der Waals surface area contributed by atoms with Gasteiger partial charge in [-0.25, -0.2) is 0 Å². The summed E-state index contributed by atoms with van der Waals surface area (Å²) in [4.78, 5) is 11.4. The highest BCUT2D eigenvalue weighted by Gasteiger charge is 2.26. The molecule has 7 heteroatoms. The van der Waals surface area contributed by atoms with E-state index in [0.717, 1.165) is 5.56 Å². The van der Waals surface area contributed by atoms with Crippen LogP contribution in [0.3, 0.4) is 0 Å². The van der Waals surface area contributed by atoms with Gasteiger partial charge in [-0.05, 0) is 31.0 Å². The van der Waals surface area contributed by atoms with Crippen LogP contribution in [0.1, 0.15) is 12.5 Å². The standard InChI is InChI=1S/C13H16ClF3N2O/c1-9(6-10-2-4-11(14)5-3-10)19-12(20)7-18-8-13(15,16)17/h2-5,9,18H,6-8H2,1H3,(H,19,20). The summed E-state index contributed by atoms with van der Waals surface area (Å²) in [6, 6.07) is 7.00. The van der Waals surface area contributed by atoms with Crippen molar-refractivity contribution in [1.29, 1.82) is 0 Å². The molecule has 0 spiro atoms. The summed E-state index contributed by atoms with van der Waals surface area (Å²) in [6.45, 7) is 0.257. The summed E-state index contributed by atoms with van der Waals surface area (Å²) >= 11 is 5.76. The Labute approximate surface area is 120 Å². The van der Waals surface area contributed by atoms with Crippen molar-refractivity contribution >= 4 is 17.5 Å². The first-order chi connectivity index (χ1) is 9.26. The molecule has 20 heavy (non-hydrogen) atoms. The second kappa shape index (κ2) is 7.50. The molecule has 3 nitrogen and oxygen atoms in total. The lowest BCUT2D eigenvalue weighted by molar-refractivity contribution is -0.128. The maximum atomic E-state index is 11.9. The summed E-state index contributed by atoms with van der Waals surface area (Å²) in [6.07, 6.45) is -3.72. The normalized spacial score (nSPS) is 13.1. The minimum absolute atomic E-state index is 0.170. The number of hydrogen-bond acceptors (Lipinski definition) is 2. The van der Waals surface area contributed by atoms with Crippen molar-refractivity contribution in [2.75, 3.05) is 13.1 Å². The smallest absolute Gasteiger partial charge is 0.352 e. The van der Waals surface area contributed by atoms with Crippen LogP contribution in [0.5, 0.6) is 0 Å². The fraction of sp³-hybridized carbons (Fsp3) is 0.462. The van der Waals surface area contributed by atoms with E-state index in [0.29, 0.717) is 11.4 Å². The third-order valence-corrected chi connectivity index (χ3v) is 2.73. The first kappa shape index (κ1) is 16.8. The molecule has 0 aliphatic carbocycles. The van der Waals surface area contributed by atoms with E-state index in [9.17, 15) is 18.0 Å². The van der Waals surface area contributed by atoms with Crippen LogP contribution in [0.2, 0.25) is 5.02 Å². The van der Waals surface area contributed by atoms with Crippen LogP contribution in [0.4, 0.5) is 13.2 Å². The van der Waals surface area contributed by atoms with Crippen LogP contribution in [0.15, 0.2) is 24.3 Å². The van der Waals surface area contributed by atoms with Gasteiger partial charge in [-0.2, -0.15) is 13.2 Å². The Hall–Kier alpha value is -1.27. The average molecular weight is 309 g/mol. The summed E-state index contributed by atoms with van der Waals surface area (Å²) in [5.41, 5.74) is 0.991. The second-order valence-corrected chi connectivity index (χ2v) is 4.95. The molecular formula is C13H16ClF3N2O. The van der Waals surface area contributed by atoms with Crippen LogP contribution in [-0.2, 0) is 11.2 Å². The zero-order chi connectivity index (χ0) is 15.2. The first-order valence-electron chi connectivity index (χ1n) is 6.07. The van der Waals surface area contributed by atoms with Gasteiger partial charge in [0.25, 0.3) is 0 Å². The maximum absolute atomic E-state index is 11.9. The van der Waals surface area contributed by atoms with Crippen molar-refractivity contribution in [1.82, 2.24) is 10.6 Å². The zero-order valence-electron chi connectivity index (χ0n) is 10.9. The number of alkyl halides is 3. The van der Waals surface area contributed by atoms with Gasteiger partial charge in [-0.15, -0.1) is 0 Å². The third kappa shape index (κ3) is 7.35. The highest BCUT2D eigenvalue weighted by atomic mass is 35.5. The van der Waals surface area contributed by atoms with E-state index in [1.54, 1.807) is 19.1 Å². The summed E-state index contributed by atoms with van der Waals surface area (Å²) in [5.74, 6) is -0.462. The summed E-state index contributed by atoms with van der Waals surface area (Å²) in [7, 11) is 0. The Balaban J connectivity index is 2.29. The maximum Gasteiger partial charge on any atom is 0.401 e. The lowest BCUT2D eigenvalue weighted by atomic mass is 10.1. The molecule has 1 amide bonds. The summed E-state index contributed by atoms with van der Waals surface area (Å²) < 4.78 is 35.7. The molecule has 0 bridgehead atoms. The Morgan fingerprint density at radius 3 is 2.45 bits per heavy atom. The quantitative estimate of drug-likeness (QED) is 0.848. The topological polar surface area (TPSA) is 41.1 Å². The zero-order valence-corrected chi connectivity index (χ0v) is 11.7. The predicted octanol–water partition coefficient (Wildman–Crippen LogP) is 2.54. The minimum Gasteiger partial charge on any atom is -0.352 e. The number of amides is 1. The molecule has 0 heterocycles. The van der Waals surface area contributed by atoms with Crippen LogP contribution >= 0.6 is 11.6 Å². The molecule has 1 aromatic rings. The van der Waals surface area contributed by atoms with Gasteiger partial charge in [0.05, 0.1) is 13.1 Å². The van der Waals surface area contributed by atoms with Crippen LogP contribution in [-0.4, -0.2) is 31.2 Å². The molecule has 1 aromatic carbocycles. The molecule has 0 radical (unpaired) electrons. The predicted molar refractivity (Wildman–Crippen MR) is 71.7 cm³/mol. The van der Waals surface area contributed by atoms with Gasteiger partial charge in [0.2, 0.25) is 5.91 Å². The molecule has 112 valence electrons. The lowest BCUT2D eigenvalue weighted by Crippen LogP contribution is -2.42. The minimum atomic E-state index is -4.31. The SMILES string of the molecule is CC(Cc1ccc(Cl)cc1)NC(=O)CNCC(F)(F)F. The van der Waals surface area contributed by atoms with Gasteiger partial charge >= 0.3 is 6.18 Å². The number of hydrogen-bond donors (Lipinski definition) is 2. The number of benzene rings is 1. The molecule has 0 fully saturated rings. The van der Waals surface area contributed by atoms with E-state index in [-0.39, 0.29) is 12.6 Å². The van der Waals surface area contributed by atoms with E-state index in [2.05, 4.69) is 5.32 Å². The van der Waals surface area contributed by atoms with Gasteiger partial charge in [0.1, 0.15) is 0 Å². The monoisotopic (exact) mass is 308 g/mol. The van der Waals surface area contributed by atoms with Gasteiger partial charge in [0, 0.05) is 11.1 Å². The average Bonchev–Trinajstić information content (AvgIpc) is 2.30. The van der Waals surface area contributed by atoms with E-state index in [1.807, 2.05) is 17.4 Å². The van der Waals surface area contributed by atoms with Crippen molar-refractivity contribution in [3.63, 3.8) is 0 Å². The molecular weight excluding hydrogens is 293 g/mol. The Morgan fingerprint density at radius 2 is 1.90 bits per heavy atom. The van der Waals surface area contributed by atoms with Gasteiger partial charge < -0.3 is 10.6 Å². The second-order valence-electron chi connectivity index (χ2n) is 4.52. The van der Waals surface area contributed by atoms with E-state index in [4.69, 9.17) is 11.6 Å². The van der Waals surface area contributed by atoms with Gasteiger partial charge in [-0.1, -0.05) is 23.7 Å². The van der Waals surface area contributed by atoms with Crippen LogP contribution < -0.4 is 10.6 Å². The van der Waals surface area contributed by atoms with E-state index in [1.165, 1.54) is 0 Å². The van der Waals surface area contributed by atoms with Crippen molar-refractivity contribution in [2.45, 2.75) is 25.6 Å². The van der Waals surface area contributed by atoms with E-state index < -0.39 is 18.6 Å². The number of halogens is 4. The highest BCUT2D eigenvalue weighted by Crippen LogP contribution is 2.12. The fourth-order valence-electron chi connectivity index (χ4n) is 1.67. The lowest BCUT2D eigenvalue weighted by Gasteiger charge is -2.15. The Morgan fingerprint density at radius 1 is 1.30 bits per heavy atom. The fourth-order valence-corrected chi connectivity index (χ4v) is 1.79. The van der Waals surface area contributed by atoms with E-state index >= 15 is 0 Å². The van der Waals surface area contributed by atoms with Crippen molar-refractivity contribution in [3.8, 4) is 0 Å². The number of rotatable bonds is 6. The molecule has 0 saturated carbocycles. The van der Waals surface area contributed by atoms with Crippen LogP contribution in [0.25, 0.3) is 0 Å². The Kier molecular flexibility index (Phi) is 6.29.